The number of hydrogen-bond donors (Lipinski definition) is 0. The molecule has 1 aromatic rings. The second-order valence-corrected chi connectivity index (χ2v) is 4.57. The van der Waals surface area contributed by atoms with Crippen molar-refractivity contribution in [2.75, 3.05) is 18.5 Å². The van der Waals surface area contributed by atoms with Gasteiger partial charge in [0.1, 0.15) is 0 Å². The summed E-state index contributed by atoms with van der Waals surface area (Å²) in [7, 11) is 2.20. The number of aryl methyl sites for hydroxylation is 1. The molecule has 1 aliphatic rings. The normalized spacial score (nSPS) is 13.0. The van der Waals surface area contributed by atoms with Crippen LogP contribution in [0.2, 0.25) is 0 Å². The van der Waals surface area contributed by atoms with Crippen LogP contribution in [0.25, 0.3) is 0 Å². The van der Waals surface area contributed by atoms with E-state index in [4.69, 9.17) is 0 Å². The van der Waals surface area contributed by atoms with Crippen molar-refractivity contribution in [3.63, 3.8) is 0 Å². The standard InChI is InChI=1S/C13H19N.2C2H6/c1-10(2)12-7-6-11-5-4-8-14(3)13(11)9-12;2*1-2/h6-7,9-10H,4-5,8H2,1-3H3;2*1-2H3. The molecule has 0 aliphatic carbocycles. The summed E-state index contributed by atoms with van der Waals surface area (Å²) < 4.78 is 0. The highest BCUT2D eigenvalue weighted by Gasteiger charge is 2.14. The largest absolute Gasteiger partial charge is 0.374 e. The van der Waals surface area contributed by atoms with E-state index < -0.39 is 0 Å². The number of anilines is 1. The van der Waals surface area contributed by atoms with Crippen molar-refractivity contribution in [1.29, 1.82) is 0 Å². The van der Waals surface area contributed by atoms with Crippen molar-refractivity contribution in [3.8, 4) is 0 Å². The Morgan fingerprint density at radius 3 is 2.22 bits per heavy atom. The molecule has 0 aromatic heterocycles. The SMILES string of the molecule is CC.CC.CC(C)c1ccc2c(c1)N(C)CCC2. The van der Waals surface area contributed by atoms with Gasteiger partial charge in [-0.25, -0.2) is 0 Å². The molecule has 2 rings (SSSR count). The van der Waals surface area contributed by atoms with Crippen LogP contribution >= 0.6 is 0 Å². The smallest absolute Gasteiger partial charge is 0.0399 e. The summed E-state index contributed by atoms with van der Waals surface area (Å²) in [6.07, 6.45) is 2.54. The number of nitrogens with zero attached hydrogens (tertiary/aromatic N) is 1. The lowest BCUT2D eigenvalue weighted by atomic mass is 9.96. The zero-order valence-corrected chi connectivity index (χ0v) is 13.4. The third-order valence-electron chi connectivity index (χ3n) is 3.13. The predicted octanol–water partition coefficient (Wildman–Crippen LogP) is 5.24. The lowest BCUT2D eigenvalue weighted by Crippen LogP contribution is -2.24. The fourth-order valence-corrected chi connectivity index (χ4v) is 2.13. The van der Waals surface area contributed by atoms with Gasteiger partial charge in [-0.1, -0.05) is 53.7 Å². The summed E-state index contributed by atoms with van der Waals surface area (Å²) in [6, 6.07) is 6.95. The molecule has 1 aromatic carbocycles. The monoisotopic (exact) mass is 249 g/mol. The van der Waals surface area contributed by atoms with Crippen molar-refractivity contribution in [1.82, 2.24) is 0 Å². The molecule has 0 atom stereocenters. The molecule has 0 unspecified atom stereocenters. The number of hydrogen-bond acceptors (Lipinski definition) is 1. The molecule has 1 aliphatic heterocycles. The van der Waals surface area contributed by atoms with E-state index in [0.29, 0.717) is 5.92 Å². The minimum absolute atomic E-state index is 0.635. The van der Waals surface area contributed by atoms with Gasteiger partial charge in [-0.15, -0.1) is 0 Å². The summed E-state index contributed by atoms with van der Waals surface area (Å²) in [4.78, 5) is 2.38. The Kier molecular flexibility index (Phi) is 8.53. The van der Waals surface area contributed by atoms with Crippen LogP contribution in [0.4, 0.5) is 5.69 Å². The quantitative estimate of drug-likeness (QED) is 0.657. The van der Waals surface area contributed by atoms with Gasteiger partial charge in [-0.2, -0.15) is 0 Å². The first-order chi connectivity index (χ1) is 8.68. The van der Waals surface area contributed by atoms with E-state index in [1.165, 1.54) is 36.2 Å². The number of benzene rings is 1. The third kappa shape index (κ3) is 4.36. The summed E-state index contributed by atoms with van der Waals surface area (Å²) in [5, 5.41) is 0. The van der Waals surface area contributed by atoms with Gasteiger partial charge in [0, 0.05) is 19.3 Å². The highest BCUT2D eigenvalue weighted by Crippen LogP contribution is 2.29. The van der Waals surface area contributed by atoms with E-state index in [1.54, 1.807) is 0 Å². The van der Waals surface area contributed by atoms with Gasteiger partial charge in [0.15, 0.2) is 0 Å². The molecular weight excluding hydrogens is 218 g/mol. The van der Waals surface area contributed by atoms with Gasteiger partial charge in [-0.3, -0.25) is 0 Å². The van der Waals surface area contributed by atoms with E-state index in [1.807, 2.05) is 27.7 Å². The number of fused-ring (bicyclic) bond motifs is 1. The summed E-state index contributed by atoms with van der Waals surface area (Å²) >= 11 is 0. The molecule has 104 valence electrons. The van der Waals surface area contributed by atoms with Gasteiger partial charge in [-0.05, 0) is 36.0 Å². The summed E-state index contributed by atoms with van der Waals surface area (Å²) in [6.45, 7) is 13.7. The van der Waals surface area contributed by atoms with E-state index in [0.717, 1.165) is 0 Å². The molecule has 0 bridgehead atoms. The van der Waals surface area contributed by atoms with Crippen LogP contribution in [-0.4, -0.2) is 13.6 Å². The third-order valence-corrected chi connectivity index (χ3v) is 3.13. The van der Waals surface area contributed by atoms with Crippen molar-refractivity contribution < 1.29 is 0 Å². The number of rotatable bonds is 1. The van der Waals surface area contributed by atoms with Gasteiger partial charge < -0.3 is 4.90 Å². The molecule has 1 nitrogen and oxygen atoms in total. The van der Waals surface area contributed by atoms with Crippen LogP contribution in [0.3, 0.4) is 0 Å². The first kappa shape index (κ1) is 17.0. The molecule has 1 heteroatoms. The maximum absolute atomic E-state index is 2.38. The molecule has 1 heterocycles. The molecule has 0 N–H and O–H groups in total. The fourth-order valence-electron chi connectivity index (χ4n) is 2.13. The fraction of sp³-hybridized carbons (Fsp3) is 0.647. The van der Waals surface area contributed by atoms with Gasteiger partial charge in [0.05, 0.1) is 0 Å². The molecule has 0 fully saturated rings. The molecule has 18 heavy (non-hydrogen) atoms. The Morgan fingerprint density at radius 1 is 1.06 bits per heavy atom. The molecule has 0 spiro atoms. The molecule has 0 saturated heterocycles. The van der Waals surface area contributed by atoms with Crippen LogP contribution in [0, 0.1) is 0 Å². The van der Waals surface area contributed by atoms with Crippen molar-refractivity contribution in [2.24, 2.45) is 0 Å². The maximum Gasteiger partial charge on any atom is 0.0399 e. The van der Waals surface area contributed by atoms with E-state index in [-0.39, 0.29) is 0 Å². The molecule has 0 saturated carbocycles. The lowest BCUT2D eigenvalue weighted by molar-refractivity contribution is 0.740. The summed E-state index contributed by atoms with van der Waals surface area (Å²) in [5.74, 6) is 0.635. The lowest BCUT2D eigenvalue weighted by Gasteiger charge is -2.28. The Labute approximate surface area is 114 Å². The Balaban J connectivity index is 0.000000659. The van der Waals surface area contributed by atoms with Gasteiger partial charge >= 0.3 is 0 Å². The average molecular weight is 249 g/mol. The van der Waals surface area contributed by atoms with Crippen LogP contribution in [-0.2, 0) is 6.42 Å². The predicted molar refractivity (Wildman–Crippen MR) is 84.8 cm³/mol. The van der Waals surface area contributed by atoms with Crippen LogP contribution < -0.4 is 4.90 Å². The van der Waals surface area contributed by atoms with Crippen LogP contribution in [0.1, 0.15) is 65.0 Å². The van der Waals surface area contributed by atoms with E-state index in [2.05, 4.69) is 44.0 Å². The van der Waals surface area contributed by atoms with Gasteiger partial charge in [0.2, 0.25) is 0 Å². The first-order valence-corrected chi connectivity index (χ1v) is 7.52. The Morgan fingerprint density at radius 2 is 1.67 bits per heavy atom. The van der Waals surface area contributed by atoms with Crippen LogP contribution in [0.15, 0.2) is 18.2 Å². The van der Waals surface area contributed by atoms with Gasteiger partial charge in [0.25, 0.3) is 0 Å². The maximum atomic E-state index is 2.38. The van der Waals surface area contributed by atoms with E-state index in [9.17, 15) is 0 Å². The summed E-state index contributed by atoms with van der Waals surface area (Å²) in [5.41, 5.74) is 4.42. The molecular formula is C17H31N. The highest BCUT2D eigenvalue weighted by molar-refractivity contribution is 5.57. The topological polar surface area (TPSA) is 3.24 Å². The van der Waals surface area contributed by atoms with Crippen molar-refractivity contribution in [3.05, 3.63) is 29.3 Å². The van der Waals surface area contributed by atoms with Crippen LogP contribution in [0.5, 0.6) is 0 Å². The molecule has 0 amide bonds. The second kappa shape index (κ2) is 9.02. The van der Waals surface area contributed by atoms with Crippen molar-refractivity contribution in [2.45, 2.75) is 60.3 Å². The minimum Gasteiger partial charge on any atom is -0.374 e. The van der Waals surface area contributed by atoms with Crippen molar-refractivity contribution >= 4 is 5.69 Å². The minimum atomic E-state index is 0.635. The average Bonchev–Trinajstić information content (AvgIpc) is 2.43. The second-order valence-electron chi connectivity index (χ2n) is 4.57. The zero-order valence-electron chi connectivity index (χ0n) is 13.4. The Hall–Kier alpha value is -0.980. The first-order valence-electron chi connectivity index (χ1n) is 7.52. The molecule has 0 radical (unpaired) electrons. The van der Waals surface area contributed by atoms with E-state index >= 15 is 0 Å². The zero-order chi connectivity index (χ0) is 14.1. The highest BCUT2D eigenvalue weighted by atomic mass is 15.1. The Bertz CT molecular complexity index is 328.